The van der Waals surface area contributed by atoms with Crippen molar-refractivity contribution in [2.75, 3.05) is 25.5 Å². The van der Waals surface area contributed by atoms with Crippen molar-refractivity contribution >= 4 is 23.6 Å². The number of ether oxygens (including phenoxy) is 1. The zero-order valence-corrected chi connectivity index (χ0v) is 12.2. The molecule has 1 aliphatic heterocycles. The fourth-order valence-electron chi connectivity index (χ4n) is 1.90. The third-order valence-electron chi connectivity index (χ3n) is 2.71. The molecule has 0 bridgehead atoms. The van der Waals surface area contributed by atoms with Gasteiger partial charge in [0.05, 0.1) is 0 Å². The zero-order chi connectivity index (χ0) is 13.9. The van der Waals surface area contributed by atoms with E-state index in [2.05, 4.69) is 0 Å². The zero-order valence-electron chi connectivity index (χ0n) is 11.4. The summed E-state index contributed by atoms with van der Waals surface area (Å²) in [4.78, 5) is 26.8. The van der Waals surface area contributed by atoms with Gasteiger partial charge in [0.2, 0.25) is 5.91 Å². The second-order valence-electron chi connectivity index (χ2n) is 5.50. The lowest BCUT2D eigenvalue weighted by Gasteiger charge is -2.39. The Morgan fingerprint density at radius 1 is 1.33 bits per heavy atom. The Morgan fingerprint density at radius 3 is 2.39 bits per heavy atom. The standard InChI is InChI=1S/C12H21ClN2O3/c1-9-8-14(11(17)18-12(2,3)4)5-6-15(9)10(16)7-13/h9H,5-8H2,1-4H3/t9-/m0/s1. The lowest BCUT2D eigenvalue weighted by atomic mass is 10.2. The van der Waals surface area contributed by atoms with E-state index in [0.29, 0.717) is 19.6 Å². The van der Waals surface area contributed by atoms with E-state index in [1.54, 1.807) is 9.80 Å². The smallest absolute Gasteiger partial charge is 0.410 e. The first-order valence-corrected chi connectivity index (χ1v) is 6.61. The molecule has 0 aliphatic carbocycles. The van der Waals surface area contributed by atoms with Crippen molar-refractivity contribution in [2.24, 2.45) is 0 Å². The summed E-state index contributed by atoms with van der Waals surface area (Å²) in [6.07, 6.45) is -0.327. The number of hydrogen-bond acceptors (Lipinski definition) is 3. The molecule has 1 rings (SSSR count). The highest BCUT2D eigenvalue weighted by Crippen LogP contribution is 2.15. The summed E-state index contributed by atoms with van der Waals surface area (Å²) in [6.45, 7) is 8.89. The molecule has 0 aromatic rings. The number of hydrogen-bond donors (Lipinski definition) is 0. The van der Waals surface area contributed by atoms with Crippen LogP contribution in [0.25, 0.3) is 0 Å². The molecule has 0 saturated carbocycles. The summed E-state index contributed by atoms with van der Waals surface area (Å²) in [5, 5.41) is 0. The normalized spacial score (nSPS) is 20.8. The van der Waals surface area contributed by atoms with Crippen molar-refractivity contribution in [3.05, 3.63) is 0 Å². The Balaban J connectivity index is 2.55. The Labute approximate surface area is 113 Å². The Kier molecular flexibility index (Phi) is 4.85. The molecular formula is C12H21ClN2O3. The van der Waals surface area contributed by atoms with E-state index in [1.165, 1.54) is 0 Å². The average Bonchev–Trinajstić information content (AvgIpc) is 2.25. The molecule has 104 valence electrons. The van der Waals surface area contributed by atoms with Crippen LogP contribution in [0.3, 0.4) is 0 Å². The van der Waals surface area contributed by atoms with E-state index >= 15 is 0 Å². The molecule has 5 nitrogen and oxygen atoms in total. The lowest BCUT2D eigenvalue weighted by Crippen LogP contribution is -2.56. The van der Waals surface area contributed by atoms with E-state index in [0.717, 1.165) is 0 Å². The molecule has 0 unspecified atom stereocenters. The summed E-state index contributed by atoms with van der Waals surface area (Å²) in [5.74, 6) is -0.107. The van der Waals surface area contributed by atoms with Crippen molar-refractivity contribution in [3.63, 3.8) is 0 Å². The van der Waals surface area contributed by atoms with Gasteiger partial charge >= 0.3 is 6.09 Å². The maximum Gasteiger partial charge on any atom is 0.410 e. The van der Waals surface area contributed by atoms with Crippen molar-refractivity contribution < 1.29 is 14.3 Å². The van der Waals surface area contributed by atoms with E-state index in [4.69, 9.17) is 16.3 Å². The van der Waals surface area contributed by atoms with Crippen LogP contribution in [0.1, 0.15) is 27.7 Å². The van der Waals surface area contributed by atoms with Gasteiger partial charge in [0.1, 0.15) is 11.5 Å². The molecular weight excluding hydrogens is 256 g/mol. The number of alkyl halides is 1. The molecule has 0 aromatic heterocycles. The molecule has 18 heavy (non-hydrogen) atoms. The van der Waals surface area contributed by atoms with Gasteiger partial charge in [0.15, 0.2) is 0 Å². The summed E-state index contributed by atoms with van der Waals surface area (Å²) in [7, 11) is 0. The summed E-state index contributed by atoms with van der Waals surface area (Å²) in [6, 6.07) is -0.0301. The largest absolute Gasteiger partial charge is 0.444 e. The monoisotopic (exact) mass is 276 g/mol. The first-order valence-electron chi connectivity index (χ1n) is 6.08. The number of amides is 2. The van der Waals surface area contributed by atoms with Crippen LogP contribution in [0.5, 0.6) is 0 Å². The number of rotatable bonds is 1. The third-order valence-corrected chi connectivity index (χ3v) is 2.94. The average molecular weight is 277 g/mol. The van der Waals surface area contributed by atoms with Crippen molar-refractivity contribution in [1.82, 2.24) is 9.80 Å². The summed E-state index contributed by atoms with van der Waals surface area (Å²) < 4.78 is 5.31. The Hall–Kier alpha value is -0.970. The highest BCUT2D eigenvalue weighted by molar-refractivity contribution is 6.27. The van der Waals surface area contributed by atoms with Crippen molar-refractivity contribution in [2.45, 2.75) is 39.3 Å². The fraction of sp³-hybridized carbons (Fsp3) is 0.833. The van der Waals surface area contributed by atoms with Crippen LogP contribution >= 0.6 is 11.6 Å². The predicted octanol–water partition coefficient (Wildman–Crippen LogP) is 1.69. The highest BCUT2D eigenvalue weighted by Gasteiger charge is 2.31. The number of nitrogens with zero attached hydrogens (tertiary/aromatic N) is 2. The minimum atomic E-state index is -0.497. The van der Waals surface area contributed by atoms with Gasteiger partial charge in [-0.2, -0.15) is 0 Å². The van der Waals surface area contributed by atoms with Crippen LogP contribution in [0.15, 0.2) is 0 Å². The van der Waals surface area contributed by atoms with Gasteiger partial charge in [-0.15, -0.1) is 11.6 Å². The number of carbonyl (C=O) groups is 2. The topological polar surface area (TPSA) is 49.9 Å². The van der Waals surface area contributed by atoms with Crippen LogP contribution < -0.4 is 0 Å². The summed E-state index contributed by atoms with van der Waals surface area (Å²) in [5.41, 5.74) is -0.497. The maximum absolute atomic E-state index is 11.9. The minimum Gasteiger partial charge on any atom is -0.444 e. The maximum atomic E-state index is 11.9. The lowest BCUT2D eigenvalue weighted by molar-refractivity contribution is -0.132. The van der Waals surface area contributed by atoms with Gasteiger partial charge in [-0.1, -0.05) is 0 Å². The van der Waals surface area contributed by atoms with E-state index in [-0.39, 0.29) is 23.9 Å². The van der Waals surface area contributed by atoms with Crippen LogP contribution in [-0.4, -0.2) is 59.0 Å². The molecule has 1 saturated heterocycles. The van der Waals surface area contributed by atoms with Crippen molar-refractivity contribution in [1.29, 1.82) is 0 Å². The Bertz CT molecular complexity index is 328. The molecule has 1 aliphatic rings. The third kappa shape index (κ3) is 4.05. The molecule has 0 radical (unpaired) electrons. The fourth-order valence-corrected chi connectivity index (χ4v) is 2.05. The van der Waals surface area contributed by atoms with Gasteiger partial charge in [-0.25, -0.2) is 4.79 Å². The second kappa shape index (κ2) is 5.78. The minimum absolute atomic E-state index is 0.0171. The number of carbonyl (C=O) groups excluding carboxylic acids is 2. The first kappa shape index (κ1) is 15.1. The SMILES string of the molecule is C[C@H]1CN(C(=O)OC(C)(C)C)CCN1C(=O)CCl. The molecule has 2 amide bonds. The number of piperazine rings is 1. The van der Waals surface area contributed by atoms with Gasteiger partial charge in [-0.05, 0) is 27.7 Å². The van der Waals surface area contributed by atoms with E-state index < -0.39 is 5.60 Å². The number of halogens is 1. The molecule has 0 N–H and O–H groups in total. The molecule has 0 aromatic carbocycles. The van der Waals surface area contributed by atoms with Gasteiger partial charge < -0.3 is 14.5 Å². The highest BCUT2D eigenvalue weighted by atomic mass is 35.5. The van der Waals surface area contributed by atoms with Crippen LogP contribution in [0, 0.1) is 0 Å². The van der Waals surface area contributed by atoms with E-state index in [9.17, 15) is 9.59 Å². The van der Waals surface area contributed by atoms with Gasteiger partial charge in [0, 0.05) is 25.7 Å². The van der Waals surface area contributed by atoms with Crippen LogP contribution in [0.2, 0.25) is 0 Å². The van der Waals surface area contributed by atoms with Crippen LogP contribution in [0.4, 0.5) is 4.79 Å². The van der Waals surface area contributed by atoms with Gasteiger partial charge in [-0.3, -0.25) is 4.79 Å². The predicted molar refractivity (Wildman–Crippen MR) is 69.7 cm³/mol. The molecule has 1 fully saturated rings. The summed E-state index contributed by atoms with van der Waals surface area (Å²) >= 11 is 5.54. The quantitative estimate of drug-likeness (QED) is 0.685. The molecule has 0 spiro atoms. The van der Waals surface area contributed by atoms with E-state index in [1.807, 2.05) is 27.7 Å². The van der Waals surface area contributed by atoms with Crippen LogP contribution in [-0.2, 0) is 9.53 Å². The van der Waals surface area contributed by atoms with Crippen molar-refractivity contribution in [3.8, 4) is 0 Å². The molecule has 6 heteroatoms. The first-order chi connectivity index (χ1) is 8.24. The molecule has 1 atom stereocenters. The van der Waals surface area contributed by atoms with Gasteiger partial charge in [0.25, 0.3) is 0 Å². The molecule has 1 heterocycles. The Morgan fingerprint density at radius 2 is 1.94 bits per heavy atom. The second-order valence-corrected chi connectivity index (χ2v) is 5.76.